The van der Waals surface area contributed by atoms with Crippen LogP contribution in [0, 0.1) is 13.8 Å². The minimum Gasteiger partial charge on any atom is -0.353 e. The maximum atomic E-state index is 12.0. The van der Waals surface area contributed by atoms with E-state index in [2.05, 4.69) is 20.5 Å². The van der Waals surface area contributed by atoms with Crippen molar-refractivity contribution in [3.63, 3.8) is 0 Å². The Bertz CT molecular complexity index is 663. The van der Waals surface area contributed by atoms with Crippen molar-refractivity contribution in [3.05, 3.63) is 17.5 Å². The van der Waals surface area contributed by atoms with Crippen LogP contribution in [-0.4, -0.2) is 37.3 Å². The molecule has 1 aliphatic carbocycles. The highest BCUT2D eigenvalue weighted by molar-refractivity contribution is 7.99. The van der Waals surface area contributed by atoms with Crippen LogP contribution < -0.4 is 5.32 Å². The summed E-state index contributed by atoms with van der Waals surface area (Å²) in [7, 11) is 0. The van der Waals surface area contributed by atoms with Gasteiger partial charge in [0.05, 0.1) is 5.75 Å². The zero-order valence-electron chi connectivity index (χ0n) is 12.3. The van der Waals surface area contributed by atoms with Crippen LogP contribution in [0.4, 0.5) is 0 Å². The first-order valence-corrected chi connectivity index (χ1v) is 8.23. The number of rotatable bonds is 4. The lowest BCUT2D eigenvalue weighted by atomic mass is 10.2. The molecule has 0 aromatic carbocycles. The van der Waals surface area contributed by atoms with Crippen LogP contribution in [0.25, 0.3) is 5.78 Å². The van der Waals surface area contributed by atoms with Gasteiger partial charge in [-0.3, -0.25) is 9.20 Å². The topological polar surface area (TPSA) is 72.2 Å². The van der Waals surface area contributed by atoms with E-state index in [0.717, 1.165) is 29.4 Å². The number of thioether (sulfide) groups is 1. The Kier molecular flexibility index (Phi) is 4.10. The van der Waals surface area contributed by atoms with Crippen LogP contribution in [0.1, 0.15) is 37.1 Å². The first kappa shape index (κ1) is 14.3. The molecule has 6 nitrogen and oxygen atoms in total. The van der Waals surface area contributed by atoms with E-state index in [1.807, 2.05) is 24.3 Å². The minimum absolute atomic E-state index is 0.0707. The number of fused-ring (bicyclic) bond motifs is 1. The Morgan fingerprint density at radius 3 is 2.90 bits per heavy atom. The second kappa shape index (κ2) is 6.01. The lowest BCUT2D eigenvalue weighted by Gasteiger charge is -2.11. The Hall–Kier alpha value is -1.63. The second-order valence-corrected chi connectivity index (χ2v) is 6.44. The van der Waals surface area contributed by atoms with E-state index in [1.165, 1.54) is 24.6 Å². The smallest absolute Gasteiger partial charge is 0.256 e. The summed E-state index contributed by atoms with van der Waals surface area (Å²) >= 11 is 1.41. The highest BCUT2D eigenvalue weighted by Crippen LogP contribution is 2.20. The van der Waals surface area contributed by atoms with Crippen LogP contribution in [0.5, 0.6) is 0 Å². The zero-order chi connectivity index (χ0) is 14.8. The molecule has 21 heavy (non-hydrogen) atoms. The standard InChI is InChI=1S/C14H19N5OS/c1-9-7-10(2)19-13(15-9)17-18-14(19)21-8-12(20)16-11-5-3-4-6-11/h7,11H,3-6,8H2,1-2H3,(H,16,20). The summed E-state index contributed by atoms with van der Waals surface area (Å²) < 4.78 is 1.89. The summed E-state index contributed by atoms with van der Waals surface area (Å²) in [4.78, 5) is 16.3. The summed E-state index contributed by atoms with van der Waals surface area (Å²) in [6.07, 6.45) is 4.65. The van der Waals surface area contributed by atoms with Crippen LogP contribution >= 0.6 is 11.8 Å². The monoisotopic (exact) mass is 305 g/mol. The first-order valence-electron chi connectivity index (χ1n) is 7.25. The van der Waals surface area contributed by atoms with Crippen molar-refractivity contribution in [1.82, 2.24) is 24.9 Å². The summed E-state index contributed by atoms with van der Waals surface area (Å²) in [6, 6.07) is 2.35. The van der Waals surface area contributed by atoms with Crippen molar-refractivity contribution in [2.75, 3.05) is 5.75 Å². The number of carbonyl (C=O) groups is 1. The number of carbonyl (C=O) groups excluding carboxylic acids is 1. The molecule has 2 aromatic heterocycles. The largest absolute Gasteiger partial charge is 0.353 e. The summed E-state index contributed by atoms with van der Waals surface area (Å²) in [5.74, 6) is 1.03. The van der Waals surface area contributed by atoms with Crippen molar-refractivity contribution >= 4 is 23.4 Å². The van der Waals surface area contributed by atoms with Crippen molar-refractivity contribution in [2.45, 2.75) is 50.7 Å². The van der Waals surface area contributed by atoms with Gasteiger partial charge in [-0.1, -0.05) is 24.6 Å². The maximum absolute atomic E-state index is 12.0. The molecule has 7 heteroatoms. The average molecular weight is 305 g/mol. The van der Waals surface area contributed by atoms with E-state index in [0.29, 0.717) is 17.6 Å². The fourth-order valence-corrected chi connectivity index (χ4v) is 3.56. The third-order valence-corrected chi connectivity index (χ3v) is 4.64. The highest BCUT2D eigenvalue weighted by atomic mass is 32.2. The number of aryl methyl sites for hydroxylation is 2. The number of nitrogens with zero attached hydrogens (tertiary/aromatic N) is 4. The molecule has 1 fully saturated rings. The number of amides is 1. The fourth-order valence-electron chi connectivity index (χ4n) is 2.76. The lowest BCUT2D eigenvalue weighted by Crippen LogP contribution is -2.33. The van der Waals surface area contributed by atoms with E-state index in [4.69, 9.17) is 0 Å². The molecule has 0 atom stereocenters. The molecular formula is C14H19N5OS. The number of hydrogen-bond donors (Lipinski definition) is 1. The van der Waals surface area contributed by atoms with Gasteiger partial charge in [0, 0.05) is 17.4 Å². The van der Waals surface area contributed by atoms with E-state index < -0.39 is 0 Å². The van der Waals surface area contributed by atoms with Gasteiger partial charge in [-0.25, -0.2) is 4.98 Å². The first-order chi connectivity index (χ1) is 10.1. The summed E-state index contributed by atoms with van der Waals surface area (Å²) in [5, 5.41) is 12.0. The van der Waals surface area contributed by atoms with Crippen LogP contribution in [-0.2, 0) is 4.79 Å². The molecule has 2 aromatic rings. The molecule has 0 spiro atoms. The molecule has 1 N–H and O–H groups in total. The van der Waals surface area contributed by atoms with Gasteiger partial charge < -0.3 is 5.32 Å². The van der Waals surface area contributed by atoms with Gasteiger partial charge in [0.15, 0.2) is 5.16 Å². The Morgan fingerprint density at radius 2 is 2.14 bits per heavy atom. The quantitative estimate of drug-likeness (QED) is 0.873. The fraction of sp³-hybridized carbons (Fsp3) is 0.571. The number of nitrogens with one attached hydrogen (secondary N) is 1. The van der Waals surface area contributed by atoms with Gasteiger partial charge in [0.25, 0.3) is 5.78 Å². The third-order valence-electron chi connectivity index (χ3n) is 3.72. The molecule has 1 saturated carbocycles. The molecule has 0 radical (unpaired) electrons. The summed E-state index contributed by atoms with van der Waals surface area (Å²) in [6.45, 7) is 3.93. The van der Waals surface area contributed by atoms with E-state index >= 15 is 0 Å². The van der Waals surface area contributed by atoms with Crippen molar-refractivity contribution < 1.29 is 4.79 Å². The van der Waals surface area contributed by atoms with Crippen LogP contribution in [0.15, 0.2) is 11.2 Å². The summed E-state index contributed by atoms with van der Waals surface area (Å²) in [5.41, 5.74) is 1.95. The average Bonchev–Trinajstić information content (AvgIpc) is 3.05. The van der Waals surface area contributed by atoms with Crippen molar-refractivity contribution in [1.29, 1.82) is 0 Å². The molecule has 0 aliphatic heterocycles. The molecule has 1 amide bonds. The van der Waals surface area contributed by atoms with Gasteiger partial charge in [-0.15, -0.1) is 10.2 Å². The molecule has 0 unspecified atom stereocenters. The number of hydrogen-bond acceptors (Lipinski definition) is 5. The van der Waals surface area contributed by atoms with Gasteiger partial charge in [-0.05, 0) is 32.8 Å². The molecule has 112 valence electrons. The highest BCUT2D eigenvalue weighted by Gasteiger charge is 2.18. The Morgan fingerprint density at radius 1 is 1.38 bits per heavy atom. The van der Waals surface area contributed by atoms with Gasteiger partial charge in [-0.2, -0.15) is 0 Å². The van der Waals surface area contributed by atoms with Gasteiger partial charge in [0.1, 0.15) is 0 Å². The molecular weight excluding hydrogens is 286 g/mol. The molecule has 1 aliphatic rings. The van der Waals surface area contributed by atoms with Gasteiger partial charge in [0.2, 0.25) is 5.91 Å². The van der Waals surface area contributed by atoms with Crippen molar-refractivity contribution in [3.8, 4) is 0 Å². The Balaban J connectivity index is 1.66. The maximum Gasteiger partial charge on any atom is 0.256 e. The molecule has 2 heterocycles. The van der Waals surface area contributed by atoms with Gasteiger partial charge >= 0.3 is 0 Å². The predicted octanol–water partition coefficient (Wildman–Crippen LogP) is 1.89. The molecule has 3 rings (SSSR count). The van der Waals surface area contributed by atoms with E-state index in [-0.39, 0.29) is 5.91 Å². The van der Waals surface area contributed by atoms with Crippen LogP contribution in [0.2, 0.25) is 0 Å². The lowest BCUT2D eigenvalue weighted by molar-refractivity contribution is -0.119. The predicted molar refractivity (Wildman–Crippen MR) is 81.4 cm³/mol. The van der Waals surface area contributed by atoms with Crippen molar-refractivity contribution in [2.24, 2.45) is 0 Å². The second-order valence-electron chi connectivity index (χ2n) is 5.49. The van der Waals surface area contributed by atoms with E-state index in [9.17, 15) is 4.79 Å². The van der Waals surface area contributed by atoms with Crippen LogP contribution in [0.3, 0.4) is 0 Å². The normalized spacial score (nSPS) is 15.7. The zero-order valence-corrected chi connectivity index (χ0v) is 13.1. The SMILES string of the molecule is Cc1cc(C)n2c(SCC(=O)NC3CCCC3)nnc2n1. The Labute approximate surface area is 127 Å². The number of aromatic nitrogens is 4. The third kappa shape index (κ3) is 3.18. The minimum atomic E-state index is 0.0707. The molecule has 0 saturated heterocycles. The van der Waals surface area contributed by atoms with E-state index in [1.54, 1.807) is 0 Å². The molecule has 0 bridgehead atoms.